The van der Waals surface area contributed by atoms with Crippen molar-refractivity contribution in [2.75, 3.05) is 5.32 Å². The van der Waals surface area contributed by atoms with Crippen molar-refractivity contribution < 1.29 is 9.59 Å². The maximum Gasteiger partial charge on any atom is 0.265 e. The molecule has 0 saturated carbocycles. The number of anilines is 1. The van der Waals surface area contributed by atoms with Crippen molar-refractivity contribution in [3.8, 4) is 0 Å². The van der Waals surface area contributed by atoms with Gasteiger partial charge < -0.3 is 11.1 Å². The summed E-state index contributed by atoms with van der Waals surface area (Å²) in [5.74, 6) is -0.744. The number of halogens is 2. The summed E-state index contributed by atoms with van der Waals surface area (Å²) in [6.45, 7) is 1.75. The molecule has 2 amide bonds. The summed E-state index contributed by atoms with van der Waals surface area (Å²) in [7, 11) is 0. The van der Waals surface area contributed by atoms with Crippen molar-refractivity contribution in [1.82, 2.24) is 0 Å². The Balaban J connectivity index is 2.28. The highest BCUT2D eigenvalue weighted by atomic mass is 79.9. The molecule has 0 unspecified atom stereocenters. The largest absolute Gasteiger partial charge is 0.366 e. The number of amides is 2. The van der Waals surface area contributed by atoms with Crippen LogP contribution in [0.3, 0.4) is 0 Å². The average Bonchev–Trinajstić information content (AvgIpc) is 2.72. The minimum atomic E-state index is -0.514. The molecule has 7 heteroatoms. The quantitative estimate of drug-likeness (QED) is 0.793. The Morgan fingerprint density at radius 1 is 1.30 bits per heavy atom. The third kappa shape index (κ3) is 3.11. The molecule has 20 heavy (non-hydrogen) atoms. The molecule has 0 atom stereocenters. The number of thiophene rings is 1. The fraction of sp³-hybridized carbons (Fsp3) is 0.0769. The van der Waals surface area contributed by atoms with E-state index in [4.69, 9.17) is 5.73 Å². The first kappa shape index (κ1) is 15.2. The van der Waals surface area contributed by atoms with Gasteiger partial charge in [0.25, 0.3) is 5.91 Å². The van der Waals surface area contributed by atoms with E-state index in [-0.39, 0.29) is 5.91 Å². The Hall–Kier alpha value is -1.18. The second-order valence-corrected chi connectivity index (χ2v) is 7.25. The van der Waals surface area contributed by atoms with Crippen LogP contribution >= 0.6 is 43.2 Å². The van der Waals surface area contributed by atoms with Gasteiger partial charge >= 0.3 is 0 Å². The molecule has 0 aliphatic carbocycles. The van der Waals surface area contributed by atoms with Gasteiger partial charge in [0.05, 0.1) is 8.66 Å². The fourth-order valence-corrected chi connectivity index (χ4v) is 3.61. The third-order valence-electron chi connectivity index (χ3n) is 2.72. The van der Waals surface area contributed by atoms with E-state index in [1.54, 1.807) is 31.2 Å². The number of hydrogen-bond donors (Lipinski definition) is 2. The lowest BCUT2D eigenvalue weighted by atomic mass is 10.1. The lowest BCUT2D eigenvalue weighted by molar-refractivity contribution is 0.0996. The topological polar surface area (TPSA) is 72.2 Å². The monoisotopic (exact) mass is 416 g/mol. The number of rotatable bonds is 3. The molecule has 1 aromatic carbocycles. The van der Waals surface area contributed by atoms with Crippen molar-refractivity contribution in [3.05, 3.63) is 48.5 Å². The summed E-state index contributed by atoms with van der Waals surface area (Å²) < 4.78 is 1.68. The Labute approximate surface area is 136 Å². The van der Waals surface area contributed by atoms with Crippen LogP contribution in [-0.2, 0) is 0 Å². The molecule has 0 spiro atoms. The van der Waals surface area contributed by atoms with Gasteiger partial charge in [-0.1, -0.05) is 6.07 Å². The molecule has 0 aliphatic heterocycles. The molecule has 0 fully saturated rings. The van der Waals surface area contributed by atoms with Gasteiger partial charge in [0.15, 0.2) is 0 Å². The van der Waals surface area contributed by atoms with E-state index in [1.165, 1.54) is 11.3 Å². The average molecular weight is 418 g/mol. The highest BCUT2D eigenvalue weighted by molar-refractivity contribution is 9.13. The van der Waals surface area contributed by atoms with Crippen molar-refractivity contribution in [3.63, 3.8) is 0 Å². The zero-order valence-electron chi connectivity index (χ0n) is 10.4. The molecular weight excluding hydrogens is 408 g/mol. The van der Waals surface area contributed by atoms with Crippen LogP contribution in [0.2, 0.25) is 0 Å². The van der Waals surface area contributed by atoms with Gasteiger partial charge in [0.1, 0.15) is 0 Å². The number of primary amides is 1. The third-order valence-corrected chi connectivity index (χ3v) is 5.97. The lowest BCUT2D eigenvalue weighted by Gasteiger charge is -2.09. The van der Waals surface area contributed by atoms with Gasteiger partial charge in [-0.3, -0.25) is 9.59 Å². The first-order valence-electron chi connectivity index (χ1n) is 5.55. The van der Waals surface area contributed by atoms with Crippen LogP contribution in [0.15, 0.2) is 32.5 Å². The zero-order valence-corrected chi connectivity index (χ0v) is 14.4. The highest BCUT2D eigenvalue weighted by Crippen LogP contribution is 2.33. The Kier molecular flexibility index (Phi) is 4.62. The van der Waals surface area contributed by atoms with Gasteiger partial charge in [-0.05, 0) is 62.5 Å². The molecule has 0 saturated heterocycles. The van der Waals surface area contributed by atoms with Gasteiger partial charge in [0, 0.05) is 15.7 Å². The molecule has 3 N–H and O–H groups in total. The Bertz CT molecular complexity index is 678. The standard InChI is InChI=1S/C13H10Br2N2O2S/c1-6-7(12(16)18)3-2-4-9(6)17-13(19)10-5-8(14)11(15)20-10/h2-5H,1H3,(H2,16,18)(H,17,19). The lowest BCUT2D eigenvalue weighted by Crippen LogP contribution is -2.16. The maximum absolute atomic E-state index is 12.2. The van der Waals surface area contributed by atoms with Crippen LogP contribution in [0, 0.1) is 6.92 Å². The van der Waals surface area contributed by atoms with E-state index >= 15 is 0 Å². The second kappa shape index (κ2) is 6.07. The van der Waals surface area contributed by atoms with Crippen molar-refractivity contribution in [2.24, 2.45) is 5.73 Å². The first-order chi connectivity index (χ1) is 9.40. The van der Waals surface area contributed by atoms with E-state index in [0.717, 1.165) is 8.26 Å². The molecule has 2 rings (SSSR count). The Morgan fingerprint density at radius 2 is 2.00 bits per heavy atom. The van der Waals surface area contributed by atoms with Gasteiger partial charge in [0.2, 0.25) is 5.91 Å². The van der Waals surface area contributed by atoms with Crippen molar-refractivity contribution >= 4 is 60.7 Å². The van der Waals surface area contributed by atoms with Crippen LogP contribution in [0.4, 0.5) is 5.69 Å². The van der Waals surface area contributed by atoms with E-state index in [1.807, 2.05) is 0 Å². The SMILES string of the molecule is Cc1c(NC(=O)c2cc(Br)c(Br)s2)cccc1C(N)=O. The summed E-state index contributed by atoms with van der Waals surface area (Å²) in [5.41, 5.74) is 6.92. The fourth-order valence-electron chi connectivity index (χ4n) is 1.68. The number of benzene rings is 1. The van der Waals surface area contributed by atoms with Gasteiger partial charge in [-0.2, -0.15) is 0 Å². The minimum Gasteiger partial charge on any atom is -0.366 e. The maximum atomic E-state index is 12.2. The number of nitrogens with one attached hydrogen (secondary N) is 1. The number of nitrogens with two attached hydrogens (primary N) is 1. The second-order valence-electron chi connectivity index (χ2n) is 4.03. The summed E-state index contributed by atoms with van der Waals surface area (Å²) in [4.78, 5) is 24.0. The van der Waals surface area contributed by atoms with Crippen LogP contribution in [0.1, 0.15) is 25.6 Å². The van der Waals surface area contributed by atoms with Gasteiger partial charge in [-0.25, -0.2) is 0 Å². The normalized spacial score (nSPS) is 10.3. The van der Waals surface area contributed by atoms with Crippen molar-refractivity contribution in [2.45, 2.75) is 6.92 Å². The van der Waals surface area contributed by atoms with Crippen LogP contribution in [0.5, 0.6) is 0 Å². The molecule has 104 valence electrons. The predicted molar refractivity (Wildman–Crippen MR) is 87.4 cm³/mol. The highest BCUT2D eigenvalue weighted by Gasteiger charge is 2.15. The molecule has 1 heterocycles. The molecular formula is C13H10Br2N2O2S. The van der Waals surface area contributed by atoms with Crippen LogP contribution in [0.25, 0.3) is 0 Å². The van der Waals surface area contributed by atoms with E-state index in [0.29, 0.717) is 21.7 Å². The molecule has 4 nitrogen and oxygen atoms in total. The van der Waals surface area contributed by atoms with Crippen LogP contribution < -0.4 is 11.1 Å². The van der Waals surface area contributed by atoms with Crippen molar-refractivity contribution in [1.29, 1.82) is 0 Å². The smallest absolute Gasteiger partial charge is 0.265 e. The summed E-state index contributed by atoms with van der Waals surface area (Å²) in [5, 5.41) is 2.78. The van der Waals surface area contributed by atoms with E-state index in [9.17, 15) is 9.59 Å². The summed E-state index contributed by atoms with van der Waals surface area (Å²) >= 11 is 8.01. The van der Waals surface area contributed by atoms with E-state index < -0.39 is 5.91 Å². The number of carbonyl (C=O) groups excluding carboxylic acids is 2. The van der Waals surface area contributed by atoms with Gasteiger partial charge in [-0.15, -0.1) is 11.3 Å². The number of hydrogen-bond acceptors (Lipinski definition) is 3. The summed E-state index contributed by atoms with van der Waals surface area (Å²) in [6, 6.07) is 6.78. The molecule has 0 aliphatic rings. The number of carbonyl (C=O) groups is 2. The Morgan fingerprint density at radius 3 is 2.55 bits per heavy atom. The minimum absolute atomic E-state index is 0.230. The van der Waals surface area contributed by atoms with E-state index in [2.05, 4.69) is 37.2 Å². The molecule has 0 bridgehead atoms. The van der Waals surface area contributed by atoms with Crippen LogP contribution in [-0.4, -0.2) is 11.8 Å². The zero-order chi connectivity index (χ0) is 14.9. The molecule has 2 aromatic rings. The summed E-state index contributed by atoms with van der Waals surface area (Å²) in [6.07, 6.45) is 0. The molecule has 0 radical (unpaired) electrons. The molecule has 1 aromatic heterocycles. The first-order valence-corrected chi connectivity index (χ1v) is 7.96. The predicted octanol–water partition coefficient (Wildman–Crippen LogP) is 3.93.